The first kappa shape index (κ1) is 15.3. The summed E-state index contributed by atoms with van der Waals surface area (Å²) in [5, 5.41) is 3.82. The largest absolute Gasteiger partial charge is 0.496 e. The van der Waals surface area contributed by atoms with E-state index in [9.17, 15) is 0 Å². The molecule has 1 saturated carbocycles. The van der Waals surface area contributed by atoms with Crippen molar-refractivity contribution in [3.63, 3.8) is 0 Å². The van der Waals surface area contributed by atoms with Crippen LogP contribution >= 0.6 is 0 Å². The molecule has 4 nitrogen and oxygen atoms in total. The van der Waals surface area contributed by atoms with Crippen LogP contribution in [0.5, 0.6) is 0 Å². The molecule has 2 aliphatic heterocycles. The zero-order valence-corrected chi connectivity index (χ0v) is 13.4. The van der Waals surface area contributed by atoms with E-state index in [0.717, 1.165) is 45.9 Å². The van der Waals surface area contributed by atoms with E-state index >= 15 is 0 Å². The van der Waals surface area contributed by atoms with Crippen molar-refractivity contribution in [2.45, 2.75) is 57.0 Å². The Morgan fingerprint density at radius 2 is 2.00 bits per heavy atom. The van der Waals surface area contributed by atoms with E-state index in [4.69, 9.17) is 9.47 Å². The maximum Gasteiger partial charge on any atom is 0.111 e. The van der Waals surface area contributed by atoms with Crippen LogP contribution in [0.4, 0.5) is 0 Å². The van der Waals surface area contributed by atoms with Crippen molar-refractivity contribution in [2.75, 3.05) is 39.5 Å². The minimum Gasteiger partial charge on any atom is -0.496 e. The molecule has 0 aromatic carbocycles. The van der Waals surface area contributed by atoms with E-state index in [1.54, 1.807) is 0 Å². The first-order valence-corrected chi connectivity index (χ1v) is 8.76. The maximum absolute atomic E-state index is 5.98. The smallest absolute Gasteiger partial charge is 0.111 e. The normalized spacial score (nSPS) is 27.4. The van der Waals surface area contributed by atoms with Crippen molar-refractivity contribution in [1.29, 1.82) is 0 Å². The predicted octanol–water partition coefficient (Wildman–Crippen LogP) is 2.30. The zero-order chi connectivity index (χ0) is 14.5. The van der Waals surface area contributed by atoms with Crippen molar-refractivity contribution in [3.05, 3.63) is 11.8 Å². The minimum atomic E-state index is 0.245. The fourth-order valence-electron chi connectivity index (χ4n) is 4.27. The third-order valence-corrected chi connectivity index (χ3v) is 5.26. The summed E-state index contributed by atoms with van der Waals surface area (Å²) in [5.41, 5.74) is 0.245. The van der Waals surface area contributed by atoms with Gasteiger partial charge in [-0.1, -0.05) is 19.8 Å². The second kappa shape index (κ2) is 7.12. The van der Waals surface area contributed by atoms with Gasteiger partial charge in [0.1, 0.15) is 5.76 Å². The number of ether oxygens (including phenoxy) is 2. The first-order chi connectivity index (χ1) is 10.4. The van der Waals surface area contributed by atoms with E-state index < -0.39 is 0 Å². The zero-order valence-electron chi connectivity index (χ0n) is 13.4. The SMILES string of the molecule is CCCNC(C1=CCCO1)C1(N2CCOCC2)CCCC1. The Bertz CT molecular complexity index is 358. The Morgan fingerprint density at radius 1 is 1.24 bits per heavy atom. The highest BCUT2D eigenvalue weighted by Crippen LogP contribution is 2.41. The Morgan fingerprint density at radius 3 is 2.62 bits per heavy atom. The van der Waals surface area contributed by atoms with Crippen LogP contribution in [0, 0.1) is 0 Å². The van der Waals surface area contributed by atoms with Crippen LogP contribution < -0.4 is 5.32 Å². The molecule has 1 saturated heterocycles. The van der Waals surface area contributed by atoms with Gasteiger partial charge in [-0.05, 0) is 31.9 Å². The highest BCUT2D eigenvalue weighted by atomic mass is 16.5. The quantitative estimate of drug-likeness (QED) is 0.815. The van der Waals surface area contributed by atoms with Gasteiger partial charge in [0.05, 0.1) is 25.9 Å². The topological polar surface area (TPSA) is 33.7 Å². The Hall–Kier alpha value is -0.580. The first-order valence-electron chi connectivity index (χ1n) is 8.76. The molecule has 3 rings (SSSR count). The molecule has 1 aliphatic carbocycles. The summed E-state index contributed by atoms with van der Waals surface area (Å²) in [6.45, 7) is 8.06. The summed E-state index contributed by atoms with van der Waals surface area (Å²) in [6, 6.07) is 0.362. The molecule has 1 N–H and O–H groups in total. The molecule has 2 fully saturated rings. The highest BCUT2D eigenvalue weighted by molar-refractivity contribution is 5.19. The fourth-order valence-corrected chi connectivity index (χ4v) is 4.27. The molecule has 2 heterocycles. The van der Waals surface area contributed by atoms with Crippen LogP contribution in [0.2, 0.25) is 0 Å². The lowest BCUT2D eigenvalue weighted by molar-refractivity contribution is -0.0371. The lowest BCUT2D eigenvalue weighted by Crippen LogP contribution is -2.63. The highest BCUT2D eigenvalue weighted by Gasteiger charge is 2.48. The molecule has 4 heteroatoms. The summed E-state index contributed by atoms with van der Waals surface area (Å²) >= 11 is 0. The average molecular weight is 294 g/mol. The van der Waals surface area contributed by atoms with Crippen molar-refractivity contribution in [1.82, 2.24) is 10.2 Å². The molecule has 0 aromatic rings. The monoisotopic (exact) mass is 294 g/mol. The van der Waals surface area contributed by atoms with Gasteiger partial charge in [0.15, 0.2) is 0 Å². The molecule has 0 amide bonds. The number of hydrogen-bond acceptors (Lipinski definition) is 4. The summed E-state index contributed by atoms with van der Waals surface area (Å²) in [7, 11) is 0. The summed E-state index contributed by atoms with van der Waals surface area (Å²) in [6.07, 6.45) is 9.81. The Labute approximate surface area is 128 Å². The third-order valence-electron chi connectivity index (χ3n) is 5.26. The van der Waals surface area contributed by atoms with Gasteiger partial charge < -0.3 is 14.8 Å². The van der Waals surface area contributed by atoms with Gasteiger partial charge in [-0.3, -0.25) is 4.90 Å². The second-order valence-corrected chi connectivity index (χ2v) is 6.54. The van der Waals surface area contributed by atoms with E-state index in [0.29, 0.717) is 6.04 Å². The van der Waals surface area contributed by atoms with Crippen LogP contribution in [0.1, 0.15) is 45.4 Å². The van der Waals surface area contributed by atoms with Crippen LogP contribution in [0.15, 0.2) is 11.8 Å². The number of nitrogens with zero attached hydrogens (tertiary/aromatic N) is 1. The van der Waals surface area contributed by atoms with E-state index in [1.165, 1.54) is 37.9 Å². The molecule has 21 heavy (non-hydrogen) atoms. The summed E-state index contributed by atoms with van der Waals surface area (Å²) in [4.78, 5) is 2.69. The molecule has 0 bridgehead atoms. The number of morpholine rings is 1. The summed E-state index contributed by atoms with van der Waals surface area (Å²) in [5.74, 6) is 1.21. The van der Waals surface area contributed by atoms with Crippen LogP contribution in [-0.4, -0.2) is 55.9 Å². The molecule has 1 unspecified atom stereocenters. The number of rotatable bonds is 6. The third kappa shape index (κ3) is 3.13. The van der Waals surface area contributed by atoms with Gasteiger partial charge in [0.2, 0.25) is 0 Å². The minimum absolute atomic E-state index is 0.245. The van der Waals surface area contributed by atoms with Gasteiger partial charge in [0, 0.05) is 25.0 Å². The molecule has 3 aliphatic rings. The standard InChI is InChI=1S/C17H30N2O2/c1-2-9-18-16(15-6-5-12-21-15)17(7-3-4-8-17)19-10-13-20-14-11-19/h6,16,18H,2-5,7-14H2,1H3. The average Bonchev–Trinajstić information content (AvgIpc) is 3.21. The van der Waals surface area contributed by atoms with E-state index in [2.05, 4.69) is 23.2 Å². The van der Waals surface area contributed by atoms with Crippen LogP contribution in [0.3, 0.4) is 0 Å². The predicted molar refractivity (Wildman–Crippen MR) is 84.3 cm³/mol. The molecule has 0 radical (unpaired) electrons. The van der Waals surface area contributed by atoms with Crippen LogP contribution in [0.25, 0.3) is 0 Å². The van der Waals surface area contributed by atoms with Gasteiger partial charge in [-0.15, -0.1) is 0 Å². The molecular weight excluding hydrogens is 264 g/mol. The lowest BCUT2D eigenvalue weighted by atomic mass is 9.84. The Kier molecular flexibility index (Phi) is 5.19. The number of hydrogen-bond donors (Lipinski definition) is 1. The molecule has 1 atom stereocenters. The van der Waals surface area contributed by atoms with Gasteiger partial charge in [-0.25, -0.2) is 0 Å². The number of nitrogens with one attached hydrogen (secondary N) is 1. The van der Waals surface area contributed by atoms with Gasteiger partial charge >= 0.3 is 0 Å². The van der Waals surface area contributed by atoms with E-state index in [1.807, 2.05) is 0 Å². The molecule has 0 aromatic heterocycles. The van der Waals surface area contributed by atoms with Crippen LogP contribution in [-0.2, 0) is 9.47 Å². The molecule has 0 spiro atoms. The van der Waals surface area contributed by atoms with E-state index in [-0.39, 0.29) is 5.54 Å². The van der Waals surface area contributed by atoms with Crippen molar-refractivity contribution >= 4 is 0 Å². The lowest BCUT2D eigenvalue weighted by Gasteiger charge is -2.48. The molecular formula is C17H30N2O2. The van der Waals surface area contributed by atoms with Crippen molar-refractivity contribution < 1.29 is 9.47 Å². The van der Waals surface area contributed by atoms with Gasteiger partial charge in [0.25, 0.3) is 0 Å². The van der Waals surface area contributed by atoms with Crippen molar-refractivity contribution in [3.8, 4) is 0 Å². The second-order valence-electron chi connectivity index (χ2n) is 6.54. The summed E-state index contributed by atoms with van der Waals surface area (Å²) < 4.78 is 11.6. The maximum atomic E-state index is 5.98. The Balaban J connectivity index is 1.83. The van der Waals surface area contributed by atoms with Crippen molar-refractivity contribution in [2.24, 2.45) is 0 Å². The molecule has 120 valence electrons. The van der Waals surface area contributed by atoms with Gasteiger partial charge in [-0.2, -0.15) is 0 Å². The fraction of sp³-hybridized carbons (Fsp3) is 0.882.